The van der Waals surface area contributed by atoms with Crippen LogP contribution in [0.15, 0.2) is 0 Å². The van der Waals surface area contributed by atoms with Crippen molar-refractivity contribution in [2.45, 2.75) is 20.3 Å². The maximum absolute atomic E-state index is 11.2. The van der Waals surface area contributed by atoms with Gasteiger partial charge in [-0.3, -0.25) is 10.1 Å². The van der Waals surface area contributed by atoms with Gasteiger partial charge in [0.25, 0.3) is 0 Å². The SMILES string of the molecule is CNc1nc(C)c([N+](=O)[O-])c(N2CCC(C)C2)n1. The molecule has 98 valence electrons. The summed E-state index contributed by atoms with van der Waals surface area (Å²) < 4.78 is 0. The molecule has 1 aromatic rings. The molecule has 7 nitrogen and oxygen atoms in total. The van der Waals surface area contributed by atoms with E-state index in [-0.39, 0.29) is 5.69 Å². The number of nitro groups is 1. The second-order valence-electron chi connectivity index (χ2n) is 4.65. The lowest BCUT2D eigenvalue weighted by Gasteiger charge is -2.18. The smallest absolute Gasteiger partial charge is 0.332 e. The number of anilines is 2. The molecular formula is C11H17N5O2. The van der Waals surface area contributed by atoms with E-state index in [9.17, 15) is 10.1 Å². The number of nitrogens with one attached hydrogen (secondary N) is 1. The highest BCUT2D eigenvalue weighted by molar-refractivity contribution is 5.62. The molecule has 1 unspecified atom stereocenters. The summed E-state index contributed by atoms with van der Waals surface area (Å²) in [6.45, 7) is 5.39. The van der Waals surface area contributed by atoms with Crippen LogP contribution in [0.5, 0.6) is 0 Å². The van der Waals surface area contributed by atoms with Crippen molar-refractivity contribution < 1.29 is 4.92 Å². The molecule has 1 fully saturated rings. The van der Waals surface area contributed by atoms with Gasteiger partial charge in [0.15, 0.2) is 0 Å². The lowest BCUT2D eigenvalue weighted by Crippen LogP contribution is -2.23. The van der Waals surface area contributed by atoms with Crippen LogP contribution in [-0.2, 0) is 0 Å². The zero-order valence-corrected chi connectivity index (χ0v) is 10.8. The van der Waals surface area contributed by atoms with Crippen molar-refractivity contribution in [3.8, 4) is 0 Å². The van der Waals surface area contributed by atoms with Crippen LogP contribution < -0.4 is 10.2 Å². The normalized spacial score (nSPS) is 19.1. The van der Waals surface area contributed by atoms with Crippen molar-refractivity contribution in [3.63, 3.8) is 0 Å². The number of rotatable bonds is 3. The Hall–Kier alpha value is -1.92. The van der Waals surface area contributed by atoms with E-state index in [1.165, 1.54) is 0 Å². The Morgan fingerprint density at radius 1 is 1.50 bits per heavy atom. The quantitative estimate of drug-likeness (QED) is 0.648. The molecule has 7 heteroatoms. The Morgan fingerprint density at radius 2 is 2.22 bits per heavy atom. The summed E-state index contributed by atoms with van der Waals surface area (Å²) in [6.07, 6.45) is 1.04. The van der Waals surface area contributed by atoms with Crippen molar-refractivity contribution in [2.75, 3.05) is 30.4 Å². The van der Waals surface area contributed by atoms with Gasteiger partial charge in [-0.1, -0.05) is 6.92 Å². The lowest BCUT2D eigenvalue weighted by atomic mass is 10.2. The lowest BCUT2D eigenvalue weighted by molar-refractivity contribution is -0.385. The van der Waals surface area contributed by atoms with E-state index in [0.29, 0.717) is 23.4 Å². The molecule has 0 bridgehead atoms. The number of hydrogen-bond acceptors (Lipinski definition) is 6. The summed E-state index contributed by atoms with van der Waals surface area (Å²) in [5.41, 5.74) is 0.414. The van der Waals surface area contributed by atoms with Gasteiger partial charge in [-0.2, -0.15) is 4.98 Å². The van der Waals surface area contributed by atoms with E-state index < -0.39 is 4.92 Å². The number of aryl methyl sites for hydroxylation is 1. The van der Waals surface area contributed by atoms with Gasteiger partial charge in [-0.05, 0) is 19.3 Å². The van der Waals surface area contributed by atoms with Crippen LogP contribution in [0.3, 0.4) is 0 Å². The van der Waals surface area contributed by atoms with Gasteiger partial charge in [-0.25, -0.2) is 4.98 Å². The van der Waals surface area contributed by atoms with Crippen molar-refractivity contribution in [1.29, 1.82) is 0 Å². The number of hydrogen-bond donors (Lipinski definition) is 1. The monoisotopic (exact) mass is 251 g/mol. The fourth-order valence-corrected chi connectivity index (χ4v) is 2.23. The third-order valence-corrected chi connectivity index (χ3v) is 3.17. The molecule has 1 N–H and O–H groups in total. The topological polar surface area (TPSA) is 84.2 Å². The second kappa shape index (κ2) is 4.75. The Balaban J connectivity index is 2.48. The van der Waals surface area contributed by atoms with Crippen LogP contribution in [-0.4, -0.2) is 35.0 Å². The number of nitrogens with zero attached hydrogens (tertiary/aromatic N) is 4. The van der Waals surface area contributed by atoms with Crippen molar-refractivity contribution in [3.05, 3.63) is 15.8 Å². The van der Waals surface area contributed by atoms with Crippen molar-refractivity contribution >= 4 is 17.5 Å². The predicted molar refractivity (Wildman–Crippen MR) is 69.0 cm³/mol. The van der Waals surface area contributed by atoms with Gasteiger partial charge in [-0.15, -0.1) is 0 Å². The summed E-state index contributed by atoms with van der Waals surface area (Å²) in [5.74, 6) is 1.40. The zero-order valence-electron chi connectivity index (χ0n) is 10.8. The van der Waals surface area contributed by atoms with Gasteiger partial charge < -0.3 is 10.2 Å². The minimum absolute atomic E-state index is 0.0168. The van der Waals surface area contributed by atoms with E-state index in [0.717, 1.165) is 19.5 Å². The summed E-state index contributed by atoms with van der Waals surface area (Å²) in [4.78, 5) is 21.1. The van der Waals surface area contributed by atoms with Gasteiger partial charge in [0.1, 0.15) is 5.69 Å². The number of aromatic nitrogens is 2. The summed E-state index contributed by atoms with van der Waals surface area (Å²) in [7, 11) is 1.71. The van der Waals surface area contributed by atoms with Crippen LogP contribution in [0.2, 0.25) is 0 Å². The summed E-state index contributed by atoms with van der Waals surface area (Å²) >= 11 is 0. The first-order valence-corrected chi connectivity index (χ1v) is 5.98. The first-order chi connectivity index (χ1) is 8.52. The molecule has 1 aliphatic rings. The molecule has 18 heavy (non-hydrogen) atoms. The molecule has 1 aliphatic heterocycles. The highest BCUT2D eigenvalue weighted by Gasteiger charge is 2.29. The van der Waals surface area contributed by atoms with Crippen LogP contribution in [0, 0.1) is 23.0 Å². The third-order valence-electron chi connectivity index (χ3n) is 3.17. The highest BCUT2D eigenvalue weighted by Crippen LogP contribution is 2.32. The van der Waals surface area contributed by atoms with Crippen LogP contribution in [0.1, 0.15) is 19.0 Å². The van der Waals surface area contributed by atoms with E-state index in [4.69, 9.17) is 0 Å². The standard InChI is InChI=1S/C11H17N5O2/c1-7-4-5-15(6-7)10-9(16(17)18)8(2)13-11(12-3)14-10/h7H,4-6H2,1-3H3,(H,12,13,14). The van der Waals surface area contributed by atoms with Gasteiger partial charge in [0.2, 0.25) is 11.8 Å². The van der Waals surface area contributed by atoms with Crippen LogP contribution >= 0.6 is 0 Å². The van der Waals surface area contributed by atoms with E-state index >= 15 is 0 Å². The molecule has 0 saturated carbocycles. The molecule has 2 heterocycles. The summed E-state index contributed by atoms with van der Waals surface area (Å²) in [6, 6.07) is 0. The molecule has 2 rings (SSSR count). The fourth-order valence-electron chi connectivity index (χ4n) is 2.23. The molecule has 1 saturated heterocycles. The van der Waals surface area contributed by atoms with E-state index in [2.05, 4.69) is 22.2 Å². The predicted octanol–water partition coefficient (Wildman–Crippen LogP) is 1.58. The third kappa shape index (κ3) is 2.20. The van der Waals surface area contributed by atoms with Gasteiger partial charge in [0, 0.05) is 20.1 Å². The van der Waals surface area contributed by atoms with Gasteiger partial charge >= 0.3 is 5.69 Å². The Labute approximate surface area is 105 Å². The van der Waals surface area contributed by atoms with E-state index in [1.54, 1.807) is 14.0 Å². The molecular weight excluding hydrogens is 234 g/mol. The summed E-state index contributed by atoms with van der Waals surface area (Å²) in [5, 5.41) is 14.0. The minimum atomic E-state index is -0.396. The van der Waals surface area contributed by atoms with E-state index in [1.807, 2.05) is 4.90 Å². The highest BCUT2D eigenvalue weighted by atomic mass is 16.6. The Kier molecular flexibility index (Phi) is 3.31. The molecule has 0 spiro atoms. The first-order valence-electron chi connectivity index (χ1n) is 5.98. The molecule has 0 aromatic carbocycles. The average Bonchev–Trinajstić information content (AvgIpc) is 2.74. The van der Waals surface area contributed by atoms with Crippen LogP contribution in [0.4, 0.5) is 17.5 Å². The maximum atomic E-state index is 11.2. The fraction of sp³-hybridized carbons (Fsp3) is 0.636. The maximum Gasteiger partial charge on any atom is 0.332 e. The molecule has 1 aromatic heterocycles. The zero-order chi connectivity index (χ0) is 13.3. The van der Waals surface area contributed by atoms with Crippen LogP contribution in [0.25, 0.3) is 0 Å². The molecule has 0 aliphatic carbocycles. The largest absolute Gasteiger partial charge is 0.357 e. The minimum Gasteiger partial charge on any atom is -0.357 e. The first kappa shape index (κ1) is 12.5. The second-order valence-corrected chi connectivity index (χ2v) is 4.65. The van der Waals surface area contributed by atoms with Gasteiger partial charge in [0.05, 0.1) is 4.92 Å². The Bertz CT molecular complexity index is 477. The molecule has 1 atom stereocenters. The molecule has 0 amide bonds. The van der Waals surface area contributed by atoms with Crippen molar-refractivity contribution in [1.82, 2.24) is 9.97 Å². The van der Waals surface area contributed by atoms with Crippen molar-refractivity contribution in [2.24, 2.45) is 5.92 Å². The molecule has 0 radical (unpaired) electrons. The Morgan fingerprint density at radius 3 is 2.72 bits per heavy atom. The average molecular weight is 251 g/mol.